The van der Waals surface area contributed by atoms with Crippen molar-refractivity contribution in [1.82, 2.24) is 0 Å². The molecule has 5 aromatic carbocycles. The number of hydrogen-bond donors (Lipinski definition) is 0. The van der Waals surface area contributed by atoms with E-state index in [0.717, 1.165) is 0 Å². The second kappa shape index (κ2) is 12.6. The maximum Gasteiger partial charge on any atom is -0.0184 e. The number of hydrogen-bond acceptors (Lipinski definition) is 0. The molecule has 0 amide bonds. The van der Waals surface area contributed by atoms with Crippen molar-refractivity contribution in [3.05, 3.63) is 168 Å². The maximum atomic E-state index is 2.17. The smallest absolute Gasteiger partial charge is 0.0184 e. The summed E-state index contributed by atoms with van der Waals surface area (Å²) < 4.78 is 0. The van der Waals surface area contributed by atoms with Gasteiger partial charge in [-0.05, 0) is 33.4 Å². The summed E-state index contributed by atoms with van der Waals surface area (Å²) >= 11 is 0. The molecule has 0 nitrogen and oxygen atoms in total. The molecule has 0 aliphatic rings. The van der Waals surface area contributed by atoms with Crippen LogP contribution < -0.4 is 0 Å². The van der Waals surface area contributed by atoms with Crippen LogP contribution in [0.15, 0.2) is 146 Å². The molecule has 0 saturated carbocycles. The lowest BCUT2D eigenvalue weighted by molar-refractivity contribution is 1.61. The normalized spacial score (nSPS) is 10.7. The van der Waals surface area contributed by atoms with Crippen LogP contribution in [0.5, 0.6) is 0 Å². The van der Waals surface area contributed by atoms with E-state index in [1.165, 1.54) is 33.4 Å². The van der Waals surface area contributed by atoms with Crippen LogP contribution in [0.25, 0.3) is 35.4 Å². The summed E-state index contributed by atoms with van der Waals surface area (Å²) in [6.45, 7) is 0. The first-order chi connectivity index (χ1) is 16.9. The molecule has 0 unspecified atom stereocenters. The van der Waals surface area contributed by atoms with Crippen LogP contribution in [-0.2, 0) is 0 Å². The first-order valence-corrected chi connectivity index (χ1v) is 11.5. The lowest BCUT2D eigenvalue weighted by atomic mass is 10.0. The van der Waals surface area contributed by atoms with Crippen LogP contribution in [0.1, 0.15) is 22.3 Å². The van der Waals surface area contributed by atoms with Gasteiger partial charge in [0.05, 0.1) is 0 Å². The van der Waals surface area contributed by atoms with Crippen molar-refractivity contribution in [2.24, 2.45) is 0 Å². The van der Waals surface area contributed by atoms with E-state index in [1.54, 1.807) is 0 Å². The first kappa shape index (κ1) is 22.8. The molecule has 0 fully saturated rings. The third-order valence-corrected chi connectivity index (χ3v) is 5.39. The predicted molar refractivity (Wildman–Crippen MR) is 149 cm³/mol. The van der Waals surface area contributed by atoms with E-state index in [9.17, 15) is 0 Å². The van der Waals surface area contributed by atoms with Gasteiger partial charge in [-0.1, -0.05) is 170 Å². The van der Waals surface area contributed by atoms with Crippen molar-refractivity contribution in [3.63, 3.8) is 0 Å². The first-order valence-electron chi connectivity index (χ1n) is 11.5. The second-order valence-corrected chi connectivity index (χ2v) is 7.85. The Kier molecular flexibility index (Phi) is 8.42. The van der Waals surface area contributed by atoms with Crippen molar-refractivity contribution in [1.29, 1.82) is 0 Å². The summed E-state index contributed by atoms with van der Waals surface area (Å²) in [5.74, 6) is 0. The number of rotatable bonds is 5. The van der Waals surface area contributed by atoms with Crippen LogP contribution in [0.4, 0.5) is 0 Å². The molecule has 0 radical (unpaired) electrons. The van der Waals surface area contributed by atoms with Crippen LogP contribution in [0.2, 0.25) is 0 Å². The Labute approximate surface area is 203 Å². The molecule has 34 heavy (non-hydrogen) atoms. The summed E-state index contributed by atoms with van der Waals surface area (Å²) in [5.41, 5.74) is 7.42. The van der Waals surface area contributed by atoms with Gasteiger partial charge in [-0.3, -0.25) is 0 Å². The maximum absolute atomic E-state index is 2.17. The van der Waals surface area contributed by atoms with E-state index in [-0.39, 0.29) is 0 Å². The molecule has 0 aromatic heterocycles. The van der Waals surface area contributed by atoms with Gasteiger partial charge in [0.2, 0.25) is 0 Å². The van der Waals surface area contributed by atoms with Crippen molar-refractivity contribution in [2.75, 3.05) is 0 Å². The van der Waals surface area contributed by atoms with Gasteiger partial charge in [-0.2, -0.15) is 0 Å². The standard InChI is InChI=1S/C22H18.C12H10/c1-3-9-19(10-4-1)15-17-21-13-7-8-14-22(21)18-16-20-11-5-2-6-12-20;1-3-7-11(8-4-1)12-9-5-2-6-10-12/h1-18H;1-10H/b17-15+,18-16+;. The highest BCUT2D eigenvalue weighted by atomic mass is 14.0. The highest BCUT2D eigenvalue weighted by Crippen LogP contribution is 2.18. The Morgan fingerprint density at radius 3 is 0.912 bits per heavy atom. The molecule has 0 aliphatic heterocycles. The van der Waals surface area contributed by atoms with Crippen molar-refractivity contribution >= 4 is 24.3 Å². The van der Waals surface area contributed by atoms with Crippen LogP contribution >= 0.6 is 0 Å². The molecule has 0 heterocycles. The van der Waals surface area contributed by atoms with E-state index >= 15 is 0 Å². The van der Waals surface area contributed by atoms with Gasteiger partial charge in [-0.15, -0.1) is 0 Å². The Bertz CT molecular complexity index is 1190. The fourth-order valence-corrected chi connectivity index (χ4v) is 3.58. The zero-order valence-electron chi connectivity index (χ0n) is 19.2. The summed E-state index contributed by atoms with van der Waals surface area (Å²) in [6.07, 6.45) is 8.63. The highest BCUT2D eigenvalue weighted by Gasteiger charge is 1.95. The second-order valence-electron chi connectivity index (χ2n) is 7.85. The minimum absolute atomic E-state index is 1.21. The fraction of sp³-hybridized carbons (Fsp3) is 0. The average molecular weight is 437 g/mol. The van der Waals surface area contributed by atoms with Gasteiger partial charge in [0, 0.05) is 0 Å². The predicted octanol–water partition coefficient (Wildman–Crippen LogP) is 9.38. The molecule has 0 spiro atoms. The van der Waals surface area contributed by atoms with Crippen LogP contribution in [0, 0.1) is 0 Å². The third-order valence-electron chi connectivity index (χ3n) is 5.39. The zero-order valence-corrected chi connectivity index (χ0v) is 19.2. The highest BCUT2D eigenvalue weighted by molar-refractivity contribution is 5.79. The zero-order chi connectivity index (χ0) is 23.3. The van der Waals surface area contributed by atoms with Crippen LogP contribution in [-0.4, -0.2) is 0 Å². The van der Waals surface area contributed by atoms with Gasteiger partial charge in [0.1, 0.15) is 0 Å². The summed E-state index contributed by atoms with van der Waals surface area (Å²) in [7, 11) is 0. The largest absolute Gasteiger partial charge is 0.0622 e. The molecule has 0 aliphatic carbocycles. The molecular formula is C34H28. The van der Waals surface area contributed by atoms with Gasteiger partial charge in [-0.25, -0.2) is 0 Å². The molecule has 0 atom stereocenters. The summed E-state index contributed by atoms with van der Waals surface area (Å²) in [4.78, 5) is 0. The molecule has 5 aromatic rings. The molecule has 164 valence electrons. The fourth-order valence-electron chi connectivity index (χ4n) is 3.58. The molecule has 5 rings (SSSR count). The molecule has 0 bridgehead atoms. The Morgan fingerprint density at radius 1 is 0.265 bits per heavy atom. The Balaban J connectivity index is 0.000000192. The molecule has 0 N–H and O–H groups in total. The van der Waals surface area contributed by atoms with E-state index in [4.69, 9.17) is 0 Å². The van der Waals surface area contributed by atoms with Crippen molar-refractivity contribution < 1.29 is 0 Å². The van der Waals surface area contributed by atoms with Crippen molar-refractivity contribution in [2.45, 2.75) is 0 Å². The minimum Gasteiger partial charge on any atom is -0.0622 e. The molecule has 0 saturated heterocycles. The van der Waals surface area contributed by atoms with Gasteiger partial charge >= 0.3 is 0 Å². The molecular weight excluding hydrogens is 408 g/mol. The Hall–Kier alpha value is -4.42. The topological polar surface area (TPSA) is 0 Å². The van der Waals surface area contributed by atoms with Crippen molar-refractivity contribution in [3.8, 4) is 11.1 Å². The third kappa shape index (κ3) is 7.05. The lowest BCUT2D eigenvalue weighted by Gasteiger charge is -2.01. The minimum atomic E-state index is 1.21. The summed E-state index contributed by atoms with van der Waals surface area (Å²) in [5, 5.41) is 0. The van der Waals surface area contributed by atoms with Gasteiger partial charge < -0.3 is 0 Å². The van der Waals surface area contributed by atoms with Gasteiger partial charge in [0.15, 0.2) is 0 Å². The quantitative estimate of drug-likeness (QED) is 0.241. The van der Waals surface area contributed by atoms with E-state index < -0.39 is 0 Å². The SMILES string of the molecule is C(=C\c1ccccc1/C=C/c1ccccc1)/c1ccccc1.c1ccc(-c2ccccc2)cc1. The van der Waals surface area contributed by atoms with Crippen LogP contribution in [0.3, 0.4) is 0 Å². The average Bonchev–Trinajstić information content (AvgIpc) is 2.94. The van der Waals surface area contributed by atoms with E-state index in [1.807, 2.05) is 24.3 Å². The monoisotopic (exact) mass is 436 g/mol. The van der Waals surface area contributed by atoms with E-state index in [0.29, 0.717) is 0 Å². The summed E-state index contributed by atoms with van der Waals surface area (Å²) in [6, 6.07) is 50.0. The van der Waals surface area contributed by atoms with Gasteiger partial charge in [0.25, 0.3) is 0 Å². The number of benzene rings is 5. The molecule has 0 heteroatoms. The lowest BCUT2D eigenvalue weighted by Crippen LogP contribution is -1.80. The van der Waals surface area contributed by atoms with E-state index in [2.05, 4.69) is 146 Å². The Morgan fingerprint density at radius 2 is 0.559 bits per heavy atom.